The molecule has 0 bridgehead atoms. The molecule has 9 atom stereocenters. The van der Waals surface area contributed by atoms with Crippen LogP contribution in [0, 0.1) is 79.8 Å². The van der Waals surface area contributed by atoms with Gasteiger partial charge in [0, 0.05) is 18.3 Å². The van der Waals surface area contributed by atoms with Crippen LogP contribution in [-0.2, 0) is 9.59 Å². The van der Waals surface area contributed by atoms with Crippen molar-refractivity contribution in [2.24, 2.45) is 57.2 Å². The summed E-state index contributed by atoms with van der Waals surface area (Å²) in [6.07, 6.45) is 9.33. The lowest BCUT2D eigenvalue weighted by molar-refractivity contribution is -0.180. The van der Waals surface area contributed by atoms with Crippen molar-refractivity contribution in [3.63, 3.8) is 0 Å². The summed E-state index contributed by atoms with van der Waals surface area (Å²) in [4.78, 5) is 26.8. The second-order valence-electron chi connectivity index (χ2n) is 13.5. The Morgan fingerprint density at radius 3 is 2.20 bits per heavy atom. The molecule has 35 heavy (non-hydrogen) atoms. The first-order valence-electron chi connectivity index (χ1n) is 14.0. The lowest BCUT2D eigenvalue weighted by atomic mass is 9.36. The maximum Gasteiger partial charge on any atom is 0.176 e. The van der Waals surface area contributed by atoms with Crippen molar-refractivity contribution in [2.45, 2.75) is 99.8 Å². The minimum atomic E-state index is -0.337. The van der Waals surface area contributed by atoms with Crippen LogP contribution in [0.25, 0.3) is 0 Å². The van der Waals surface area contributed by atoms with Crippen LogP contribution in [0.4, 0.5) is 0 Å². The number of nitrogens with zero attached hydrogens (tertiary/aromatic N) is 2. The molecule has 5 aliphatic rings. The third kappa shape index (κ3) is 3.57. The maximum atomic E-state index is 14.0. The Labute approximate surface area is 212 Å². The molecule has 0 aromatic rings. The number of nitriles is 2. The molecule has 0 radical (unpaired) electrons. The molecule has 0 amide bonds. The molecule has 4 fully saturated rings. The molecule has 0 aromatic heterocycles. The van der Waals surface area contributed by atoms with Crippen molar-refractivity contribution in [1.82, 2.24) is 0 Å². The molecule has 5 rings (SSSR count). The molecule has 0 spiro atoms. The monoisotopic (exact) mass is 476 g/mol. The van der Waals surface area contributed by atoms with E-state index in [4.69, 9.17) is 0 Å². The van der Waals surface area contributed by atoms with E-state index in [-0.39, 0.29) is 57.0 Å². The number of allylic oxidation sites excluding steroid dienone is 2. The van der Waals surface area contributed by atoms with E-state index in [1.165, 1.54) is 0 Å². The lowest BCUT2D eigenvalue weighted by Gasteiger charge is -2.66. The van der Waals surface area contributed by atoms with Crippen molar-refractivity contribution < 1.29 is 9.59 Å². The van der Waals surface area contributed by atoms with Gasteiger partial charge < -0.3 is 0 Å². The molecule has 5 aliphatic carbocycles. The van der Waals surface area contributed by atoms with E-state index in [0.29, 0.717) is 23.7 Å². The van der Waals surface area contributed by atoms with Gasteiger partial charge in [-0.2, -0.15) is 10.5 Å². The molecule has 4 saturated carbocycles. The van der Waals surface area contributed by atoms with Crippen molar-refractivity contribution >= 4 is 11.6 Å². The highest BCUT2D eigenvalue weighted by molar-refractivity contribution is 6.01. The fraction of sp³-hybridized carbons (Fsp3) is 0.806. The van der Waals surface area contributed by atoms with Crippen LogP contribution in [0.3, 0.4) is 0 Å². The predicted molar refractivity (Wildman–Crippen MR) is 137 cm³/mol. The molecule has 0 heterocycles. The summed E-state index contributed by atoms with van der Waals surface area (Å²) in [7, 11) is 0. The number of hydrogen-bond donors (Lipinski definition) is 0. The summed E-state index contributed by atoms with van der Waals surface area (Å²) in [5.41, 5.74) is -0.165. The SMILES string of the molecule is CC.CC1C(=O)C(C#N)=CC2(C)C1CCC1(C)C3CCC4(C#N)CCC(C)(C)CC4C3C(=O)CC21. The summed E-state index contributed by atoms with van der Waals surface area (Å²) < 4.78 is 0. The zero-order valence-corrected chi connectivity index (χ0v) is 22.9. The number of carbonyl (C=O) groups excluding carboxylic acids is 2. The number of ketones is 2. The first-order chi connectivity index (χ1) is 16.4. The summed E-state index contributed by atoms with van der Waals surface area (Å²) in [5.74, 6) is 0.965. The summed E-state index contributed by atoms with van der Waals surface area (Å²) in [5, 5.41) is 20.0. The van der Waals surface area contributed by atoms with Crippen molar-refractivity contribution in [1.29, 1.82) is 10.5 Å². The highest BCUT2D eigenvalue weighted by atomic mass is 16.1. The topological polar surface area (TPSA) is 81.7 Å². The highest BCUT2D eigenvalue weighted by Gasteiger charge is 2.67. The first-order valence-corrected chi connectivity index (χ1v) is 14.0. The van der Waals surface area contributed by atoms with Crippen LogP contribution in [-0.4, -0.2) is 11.6 Å². The first kappa shape index (κ1) is 26.1. The summed E-state index contributed by atoms with van der Waals surface area (Å²) in [6, 6.07) is 4.90. The standard InChI is InChI=1S/C29H38N2O2.C2H6/c1-17-19-6-8-27(4)20-7-9-29(16-31)11-10-26(2,3)14-21(29)24(20)22(32)12-23(27)28(19,5)13-18(15-30)25(17)33;1-2/h13,17,19-21,23-24H,6-12,14H2,1-5H3;1-2H3. The van der Waals surface area contributed by atoms with Gasteiger partial charge in [-0.25, -0.2) is 0 Å². The summed E-state index contributed by atoms with van der Waals surface area (Å²) in [6.45, 7) is 15.2. The van der Waals surface area contributed by atoms with Gasteiger partial charge in [-0.05, 0) is 84.9 Å². The Hall–Kier alpha value is -1.94. The molecule has 0 aromatic carbocycles. The van der Waals surface area contributed by atoms with E-state index in [2.05, 4.69) is 39.8 Å². The fourth-order valence-electron chi connectivity index (χ4n) is 9.73. The van der Waals surface area contributed by atoms with Gasteiger partial charge in [0.2, 0.25) is 0 Å². The van der Waals surface area contributed by atoms with Crippen LogP contribution >= 0.6 is 0 Å². The fourth-order valence-corrected chi connectivity index (χ4v) is 9.73. The normalized spacial score (nSPS) is 47.7. The van der Waals surface area contributed by atoms with Gasteiger partial charge in [-0.1, -0.05) is 54.5 Å². The quantitative estimate of drug-likeness (QED) is 0.375. The van der Waals surface area contributed by atoms with E-state index in [9.17, 15) is 20.1 Å². The molecule has 0 N–H and O–H groups in total. The Morgan fingerprint density at radius 2 is 1.57 bits per heavy atom. The number of carbonyl (C=O) groups is 2. The Kier molecular flexibility index (Phi) is 6.40. The molecule has 4 heteroatoms. The van der Waals surface area contributed by atoms with E-state index in [1.807, 2.05) is 26.8 Å². The van der Waals surface area contributed by atoms with E-state index < -0.39 is 0 Å². The number of fused-ring (bicyclic) bond motifs is 7. The lowest BCUT2D eigenvalue weighted by Crippen LogP contribution is -2.63. The highest BCUT2D eigenvalue weighted by Crippen LogP contribution is 2.70. The van der Waals surface area contributed by atoms with Crippen LogP contribution in [0.15, 0.2) is 11.6 Å². The Balaban J connectivity index is 0.00000141. The third-order valence-electron chi connectivity index (χ3n) is 11.5. The minimum absolute atomic E-state index is 0.00417. The third-order valence-corrected chi connectivity index (χ3v) is 11.5. The van der Waals surface area contributed by atoms with Gasteiger partial charge >= 0.3 is 0 Å². The molecule has 0 aliphatic heterocycles. The molecular formula is C31H44N2O2. The smallest absolute Gasteiger partial charge is 0.176 e. The van der Waals surface area contributed by atoms with Gasteiger partial charge in [-0.15, -0.1) is 0 Å². The second kappa shape index (κ2) is 8.57. The average molecular weight is 477 g/mol. The summed E-state index contributed by atoms with van der Waals surface area (Å²) >= 11 is 0. The van der Waals surface area contributed by atoms with Gasteiger partial charge in [0.25, 0.3) is 0 Å². The van der Waals surface area contributed by atoms with Crippen LogP contribution < -0.4 is 0 Å². The van der Waals surface area contributed by atoms with Gasteiger partial charge in [0.1, 0.15) is 11.9 Å². The second-order valence-corrected chi connectivity index (χ2v) is 13.5. The van der Waals surface area contributed by atoms with Crippen LogP contribution in [0.5, 0.6) is 0 Å². The van der Waals surface area contributed by atoms with E-state index in [1.54, 1.807) is 0 Å². The Morgan fingerprint density at radius 1 is 0.914 bits per heavy atom. The van der Waals surface area contributed by atoms with Crippen LogP contribution in [0.2, 0.25) is 0 Å². The average Bonchev–Trinajstić information content (AvgIpc) is 2.83. The zero-order valence-electron chi connectivity index (χ0n) is 22.9. The Bertz CT molecular complexity index is 1030. The van der Waals surface area contributed by atoms with E-state index in [0.717, 1.165) is 44.9 Å². The molecule has 190 valence electrons. The van der Waals surface area contributed by atoms with Gasteiger partial charge in [0.15, 0.2) is 5.78 Å². The zero-order chi connectivity index (χ0) is 26.0. The van der Waals surface area contributed by atoms with E-state index >= 15 is 0 Å². The maximum absolute atomic E-state index is 14.0. The van der Waals surface area contributed by atoms with Crippen molar-refractivity contribution in [3.05, 3.63) is 11.6 Å². The number of hydrogen-bond acceptors (Lipinski definition) is 4. The number of Topliss-reactive ketones (excluding diaryl/α,β-unsaturated/α-hetero) is 2. The van der Waals surface area contributed by atoms with Gasteiger partial charge in [0.05, 0.1) is 17.1 Å². The number of rotatable bonds is 0. The molecule has 0 saturated heterocycles. The van der Waals surface area contributed by atoms with Crippen LogP contribution in [0.1, 0.15) is 99.8 Å². The molecular weight excluding hydrogens is 432 g/mol. The molecule has 9 unspecified atom stereocenters. The predicted octanol–water partition coefficient (Wildman–Crippen LogP) is 7.06. The van der Waals surface area contributed by atoms with Crippen molar-refractivity contribution in [2.75, 3.05) is 0 Å². The minimum Gasteiger partial charge on any atom is -0.299 e. The van der Waals surface area contributed by atoms with Crippen molar-refractivity contribution in [3.8, 4) is 12.1 Å². The largest absolute Gasteiger partial charge is 0.299 e. The van der Waals surface area contributed by atoms with Gasteiger partial charge in [-0.3, -0.25) is 9.59 Å². The molecule has 4 nitrogen and oxygen atoms in total.